The molecule has 1 aliphatic rings. The number of hydrogen-bond acceptors (Lipinski definition) is 4. The second-order valence-electron chi connectivity index (χ2n) is 7.77. The minimum Gasteiger partial charge on any atom is -0.493 e. The van der Waals surface area contributed by atoms with E-state index in [0.717, 1.165) is 38.3 Å². The van der Waals surface area contributed by atoms with Gasteiger partial charge in [-0.3, -0.25) is 9.69 Å². The van der Waals surface area contributed by atoms with Gasteiger partial charge in [-0.05, 0) is 41.8 Å². The molecule has 2 aromatic rings. The Hall–Kier alpha value is -2.31. The first-order valence-electron chi connectivity index (χ1n) is 10.0. The first-order chi connectivity index (χ1) is 14.0. The highest BCUT2D eigenvalue weighted by molar-refractivity contribution is 5.95. The summed E-state index contributed by atoms with van der Waals surface area (Å²) in [6.45, 7) is 9.05. The molecule has 5 nitrogen and oxygen atoms in total. The van der Waals surface area contributed by atoms with E-state index in [1.165, 1.54) is 12.1 Å². The Balaban J connectivity index is 0.00000320. The molecule has 0 spiro atoms. The first-order valence-corrected chi connectivity index (χ1v) is 10.0. The molecule has 2 aromatic carbocycles. The normalized spacial score (nSPS) is 14.4. The second-order valence-corrected chi connectivity index (χ2v) is 7.77. The molecule has 1 heterocycles. The Bertz CT molecular complexity index is 822. The fourth-order valence-corrected chi connectivity index (χ4v) is 3.49. The van der Waals surface area contributed by atoms with E-state index in [2.05, 4.69) is 18.7 Å². The van der Waals surface area contributed by atoms with Crippen LogP contribution in [-0.2, 0) is 6.61 Å². The lowest BCUT2D eigenvalue weighted by Crippen LogP contribution is -2.49. The number of amides is 1. The van der Waals surface area contributed by atoms with Crippen molar-refractivity contribution in [3.8, 4) is 11.5 Å². The maximum atomic E-state index is 13.0. The number of ether oxygens (including phenoxy) is 2. The molecular formula is C23H30ClFN2O3. The molecule has 1 aliphatic heterocycles. The maximum Gasteiger partial charge on any atom is 0.254 e. The van der Waals surface area contributed by atoms with Crippen molar-refractivity contribution in [3.63, 3.8) is 0 Å². The third kappa shape index (κ3) is 6.34. The van der Waals surface area contributed by atoms with E-state index in [-0.39, 0.29) is 24.1 Å². The number of halogens is 2. The van der Waals surface area contributed by atoms with Gasteiger partial charge in [-0.1, -0.05) is 26.0 Å². The number of carbonyl (C=O) groups is 1. The molecule has 30 heavy (non-hydrogen) atoms. The Morgan fingerprint density at radius 3 is 2.30 bits per heavy atom. The van der Waals surface area contributed by atoms with Crippen LogP contribution < -0.4 is 9.47 Å². The summed E-state index contributed by atoms with van der Waals surface area (Å²) in [5, 5.41) is 0. The predicted molar refractivity (Wildman–Crippen MR) is 118 cm³/mol. The third-order valence-corrected chi connectivity index (χ3v) is 5.00. The summed E-state index contributed by atoms with van der Waals surface area (Å²) in [5.41, 5.74) is 1.45. The first kappa shape index (κ1) is 24.0. The molecule has 0 unspecified atom stereocenters. The van der Waals surface area contributed by atoms with E-state index in [1.54, 1.807) is 37.4 Å². The number of rotatable bonds is 7. The lowest BCUT2D eigenvalue weighted by atomic mass is 10.1. The van der Waals surface area contributed by atoms with Crippen molar-refractivity contribution >= 4 is 18.3 Å². The van der Waals surface area contributed by atoms with Gasteiger partial charge in [0.1, 0.15) is 12.4 Å². The topological polar surface area (TPSA) is 42.0 Å². The zero-order valence-corrected chi connectivity index (χ0v) is 18.6. The largest absolute Gasteiger partial charge is 0.493 e. The fraction of sp³-hybridized carbons (Fsp3) is 0.435. The van der Waals surface area contributed by atoms with Gasteiger partial charge in [0.05, 0.1) is 7.11 Å². The van der Waals surface area contributed by atoms with Gasteiger partial charge in [0.2, 0.25) is 0 Å². The van der Waals surface area contributed by atoms with Crippen LogP contribution in [0.25, 0.3) is 0 Å². The average molecular weight is 437 g/mol. The molecule has 0 aliphatic carbocycles. The van der Waals surface area contributed by atoms with Gasteiger partial charge in [-0.2, -0.15) is 0 Å². The molecule has 3 rings (SSSR count). The van der Waals surface area contributed by atoms with E-state index in [1.807, 2.05) is 4.90 Å². The van der Waals surface area contributed by atoms with Gasteiger partial charge in [0, 0.05) is 38.3 Å². The second kappa shape index (κ2) is 11.2. The summed E-state index contributed by atoms with van der Waals surface area (Å²) in [6.07, 6.45) is 0. The van der Waals surface area contributed by atoms with E-state index in [4.69, 9.17) is 9.47 Å². The van der Waals surface area contributed by atoms with Crippen LogP contribution in [0.15, 0.2) is 42.5 Å². The Kier molecular flexibility index (Phi) is 8.93. The van der Waals surface area contributed by atoms with Gasteiger partial charge in [0.15, 0.2) is 11.5 Å². The van der Waals surface area contributed by atoms with E-state index >= 15 is 0 Å². The van der Waals surface area contributed by atoms with Gasteiger partial charge in [-0.15, -0.1) is 12.4 Å². The molecule has 164 valence electrons. The van der Waals surface area contributed by atoms with Gasteiger partial charge in [0.25, 0.3) is 5.91 Å². The third-order valence-electron chi connectivity index (χ3n) is 5.00. The Labute approximate surface area is 184 Å². The van der Waals surface area contributed by atoms with Gasteiger partial charge < -0.3 is 14.4 Å². The molecule has 1 amide bonds. The monoisotopic (exact) mass is 436 g/mol. The number of benzene rings is 2. The summed E-state index contributed by atoms with van der Waals surface area (Å²) in [5.74, 6) is 1.42. The lowest BCUT2D eigenvalue weighted by Gasteiger charge is -2.35. The minimum absolute atomic E-state index is 0. The molecule has 1 saturated heterocycles. The number of methoxy groups -OCH3 is 1. The number of hydrogen-bond donors (Lipinski definition) is 0. The van der Waals surface area contributed by atoms with Crippen molar-refractivity contribution < 1.29 is 18.7 Å². The molecule has 0 N–H and O–H groups in total. The lowest BCUT2D eigenvalue weighted by molar-refractivity contribution is 0.0623. The fourth-order valence-electron chi connectivity index (χ4n) is 3.49. The van der Waals surface area contributed by atoms with Crippen LogP contribution in [0.4, 0.5) is 4.39 Å². The van der Waals surface area contributed by atoms with E-state index < -0.39 is 0 Å². The van der Waals surface area contributed by atoms with Crippen LogP contribution in [0.2, 0.25) is 0 Å². The van der Waals surface area contributed by atoms with Crippen molar-refractivity contribution in [3.05, 3.63) is 59.4 Å². The van der Waals surface area contributed by atoms with Crippen molar-refractivity contribution in [1.82, 2.24) is 9.80 Å². The van der Waals surface area contributed by atoms with Crippen LogP contribution in [0.5, 0.6) is 11.5 Å². The van der Waals surface area contributed by atoms with Gasteiger partial charge >= 0.3 is 0 Å². The summed E-state index contributed by atoms with van der Waals surface area (Å²) < 4.78 is 24.3. The zero-order chi connectivity index (χ0) is 20.8. The highest BCUT2D eigenvalue weighted by atomic mass is 35.5. The number of piperazine rings is 1. The minimum atomic E-state index is -0.278. The summed E-state index contributed by atoms with van der Waals surface area (Å²) in [7, 11) is 1.55. The smallest absolute Gasteiger partial charge is 0.254 e. The highest BCUT2D eigenvalue weighted by Crippen LogP contribution is 2.29. The Morgan fingerprint density at radius 1 is 1.03 bits per heavy atom. The molecular weight excluding hydrogens is 407 g/mol. The van der Waals surface area contributed by atoms with E-state index in [9.17, 15) is 9.18 Å². The molecule has 0 atom stereocenters. The van der Waals surface area contributed by atoms with Crippen molar-refractivity contribution in [2.75, 3.05) is 39.8 Å². The number of carbonyl (C=O) groups excluding carboxylic acids is 1. The van der Waals surface area contributed by atoms with Crippen LogP contribution >= 0.6 is 12.4 Å². The highest BCUT2D eigenvalue weighted by Gasteiger charge is 2.23. The average Bonchev–Trinajstić information content (AvgIpc) is 2.73. The van der Waals surface area contributed by atoms with Gasteiger partial charge in [-0.25, -0.2) is 4.39 Å². The van der Waals surface area contributed by atoms with Crippen molar-refractivity contribution in [1.29, 1.82) is 0 Å². The van der Waals surface area contributed by atoms with Crippen molar-refractivity contribution in [2.45, 2.75) is 20.5 Å². The molecule has 0 aromatic heterocycles. The molecule has 1 fully saturated rings. The maximum absolute atomic E-state index is 13.0. The molecule has 0 bridgehead atoms. The van der Waals surface area contributed by atoms with Crippen LogP contribution in [-0.4, -0.2) is 55.5 Å². The predicted octanol–water partition coefficient (Wildman–Crippen LogP) is 4.25. The standard InChI is InChI=1S/C23H29FN2O3.ClH/c1-17(2)15-25-10-12-26(13-11-25)23(27)19-6-9-21(22(14-19)28-3)29-16-18-4-7-20(24)8-5-18;/h4-9,14,17H,10-13,15-16H2,1-3H3;1H. The SMILES string of the molecule is COc1cc(C(=O)N2CCN(CC(C)C)CC2)ccc1OCc1ccc(F)cc1.Cl. The van der Waals surface area contributed by atoms with Crippen molar-refractivity contribution in [2.24, 2.45) is 5.92 Å². The Morgan fingerprint density at radius 2 is 1.70 bits per heavy atom. The number of nitrogens with zero attached hydrogens (tertiary/aromatic N) is 2. The molecule has 0 saturated carbocycles. The molecule has 7 heteroatoms. The van der Waals surface area contributed by atoms with E-state index in [0.29, 0.717) is 29.6 Å². The van der Waals surface area contributed by atoms with Crippen LogP contribution in [0.1, 0.15) is 29.8 Å². The quantitative estimate of drug-likeness (QED) is 0.650. The van der Waals surface area contributed by atoms with Crippen LogP contribution in [0, 0.1) is 11.7 Å². The summed E-state index contributed by atoms with van der Waals surface area (Å²) in [4.78, 5) is 17.2. The summed E-state index contributed by atoms with van der Waals surface area (Å²) >= 11 is 0. The molecule has 0 radical (unpaired) electrons. The summed E-state index contributed by atoms with van der Waals surface area (Å²) in [6, 6.07) is 11.4. The zero-order valence-electron chi connectivity index (χ0n) is 17.8. The van der Waals surface area contributed by atoms with Crippen LogP contribution in [0.3, 0.4) is 0 Å².